The average molecular weight is 236 g/mol. The van der Waals surface area contributed by atoms with Gasteiger partial charge in [-0.3, -0.25) is 0 Å². The fourth-order valence-electron chi connectivity index (χ4n) is 1.42. The van der Waals surface area contributed by atoms with Crippen molar-refractivity contribution in [3.05, 3.63) is 35.1 Å². The summed E-state index contributed by atoms with van der Waals surface area (Å²) in [6.45, 7) is 5.82. The van der Waals surface area contributed by atoms with E-state index in [-0.39, 0.29) is 11.9 Å². The molecule has 0 aliphatic carbocycles. The van der Waals surface area contributed by atoms with Crippen LogP contribution in [-0.4, -0.2) is 19.3 Å². The maximum atomic E-state index is 13.1. The highest BCUT2D eigenvalue weighted by Crippen LogP contribution is 2.08. The Morgan fingerprint density at radius 1 is 1.41 bits per heavy atom. The van der Waals surface area contributed by atoms with Crippen LogP contribution in [0.4, 0.5) is 4.39 Å². The smallest absolute Gasteiger partial charge is 0.124 e. The minimum atomic E-state index is -0.376. The minimum absolute atomic E-state index is 0.219. The van der Waals surface area contributed by atoms with Gasteiger partial charge in [-0.05, 0) is 37.6 Å². The summed E-state index contributed by atoms with van der Waals surface area (Å²) in [5, 5.41) is 11.8. The molecule has 0 radical (unpaired) electrons. The quantitative estimate of drug-likeness (QED) is 0.770. The number of halogens is 1. The average Bonchev–Trinajstić information content (AvgIpc) is 2.27. The second-order valence-electron chi connectivity index (χ2n) is 4.06. The molecule has 0 heterocycles. The first-order valence-electron chi connectivity index (χ1n) is 5.63. The van der Waals surface area contributed by atoms with Crippen LogP contribution in [0.5, 0.6) is 0 Å². The summed E-state index contributed by atoms with van der Waals surface area (Å²) in [7, 11) is 0. The summed E-state index contributed by atoms with van der Waals surface area (Å²) < 4.78 is 18.5. The summed E-state index contributed by atoms with van der Waals surface area (Å²) >= 11 is 0. The van der Waals surface area contributed by atoms with E-state index in [0.717, 1.165) is 5.56 Å². The fourth-order valence-corrected chi connectivity index (χ4v) is 1.42. The standard InChI is InChI=1S/C13H17FN2O/c1-10(2)17-4-3-16-9-12-5-11(8-15)6-13(14)7-12/h5-7,10,16H,3-4,9H2,1-2H3. The van der Waals surface area contributed by atoms with Crippen molar-refractivity contribution in [3.8, 4) is 6.07 Å². The van der Waals surface area contributed by atoms with Gasteiger partial charge in [-0.25, -0.2) is 4.39 Å². The highest BCUT2D eigenvalue weighted by atomic mass is 19.1. The molecule has 0 saturated heterocycles. The Balaban J connectivity index is 2.37. The van der Waals surface area contributed by atoms with Crippen LogP contribution in [0, 0.1) is 17.1 Å². The van der Waals surface area contributed by atoms with E-state index in [9.17, 15) is 4.39 Å². The van der Waals surface area contributed by atoms with Crippen molar-refractivity contribution in [1.82, 2.24) is 5.32 Å². The summed E-state index contributed by atoms with van der Waals surface area (Å²) in [4.78, 5) is 0. The molecule has 1 aromatic rings. The molecule has 0 aliphatic rings. The zero-order valence-corrected chi connectivity index (χ0v) is 10.2. The van der Waals surface area contributed by atoms with Crippen molar-refractivity contribution >= 4 is 0 Å². The van der Waals surface area contributed by atoms with Crippen LogP contribution in [-0.2, 0) is 11.3 Å². The van der Waals surface area contributed by atoms with E-state index < -0.39 is 0 Å². The van der Waals surface area contributed by atoms with Gasteiger partial charge in [0.2, 0.25) is 0 Å². The third kappa shape index (κ3) is 5.43. The largest absolute Gasteiger partial charge is 0.377 e. The van der Waals surface area contributed by atoms with Crippen LogP contribution in [0.2, 0.25) is 0 Å². The van der Waals surface area contributed by atoms with Crippen molar-refractivity contribution in [2.75, 3.05) is 13.2 Å². The van der Waals surface area contributed by atoms with Crippen LogP contribution >= 0.6 is 0 Å². The SMILES string of the molecule is CC(C)OCCNCc1cc(F)cc(C#N)c1. The van der Waals surface area contributed by atoms with Gasteiger partial charge in [0, 0.05) is 13.1 Å². The number of nitrogens with zero attached hydrogens (tertiary/aromatic N) is 1. The Hall–Kier alpha value is -1.44. The molecule has 0 unspecified atom stereocenters. The molecule has 0 amide bonds. The molecule has 0 aliphatic heterocycles. The summed E-state index contributed by atoms with van der Waals surface area (Å²) in [5.74, 6) is -0.376. The van der Waals surface area contributed by atoms with Gasteiger partial charge in [0.05, 0.1) is 24.3 Å². The first-order chi connectivity index (χ1) is 8.11. The van der Waals surface area contributed by atoms with E-state index in [1.165, 1.54) is 12.1 Å². The van der Waals surface area contributed by atoms with E-state index in [1.54, 1.807) is 6.07 Å². The Kier molecular flexibility index (Phi) is 5.61. The van der Waals surface area contributed by atoms with Crippen LogP contribution in [0.3, 0.4) is 0 Å². The highest BCUT2D eigenvalue weighted by Gasteiger charge is 2.00. The Morgan fingerprint density at radius 2 is 2.18 bits per heavy atom. The number of nitriles is 1. The number of benzene rings is 1. The van der Waals surface area contributed by atoms with E-state index in [1.807, 2.05) is 19.9 Å². The van der Waals surface area contributed by atoms with Gasteiger partial charge in [0.1, 0.15) is 5.82 Å². The van der Waals surface area contributed by atoms with E-state index in [0.29, 0.717) is 25.3 Å². The number of hydrogen-bond donors (Lipinski definition) is 1. The molecular formula is C13H17FN2O. The van der Waals surface area contributed by atoms with E-state index >= 15 is 0 Å². The fraction of sp³-hybridized carbons (Fsp3) is 0.462. The van der Waals surface area contributed by atoms with Crippen LogP contribution < -0.4 is 5.32 Å². The molecule has 0 fully saturated rings. The number of rotatable bonds is 6. The Bertz CT molecular complexity index is 399. The van der Waals surface area contributed by atoms with Gasteiger partial charge in [0.25, 0.3) is 0 Å². The first-order valence-corrected chi connectivity index (χ1v) is 5.63. The Morgan fingerprint density at radius 3 is 2.82 bits per heavy atom. The third-order valence-corrected chi connectivity index (χ3v) is 2.15. The number of hydrogen-bond acceptors (Lipinski definition) is 3. The maximum Gasteiger partial charge on any atom is 0.124 e. The van der Waals surface area contributed by atoms with Crippen LogP contribution in [0.25, 0.3) is 0 Å². The molecule has 3 nitrogen and oxygen atoms in total. The molecule has 92 valence electrons. The Labute approximate surface area is 101 Å². The van der Waals surface area contributed by atoms with Gasteiger partial charge in [-0.2, -0.15) is 5.26 Å². The van der Waals surface area contributed by atoms with Crippen molar-refractivity contribution in [1.29, 1.82) is 5.26 Å². The molecule has 1 rings (SSSR count). The first kappa shape index (κ1) is 13.6. The summed E-state index contributed by atoms with van der Waals surface area (Å²) in [6.07, 6.45) is 0.219. The maximum absolute atomic E-state index is 13.1. The zero-order chi connectivity index (χ0) is 12.7. The molecule has 0 atom stereocenters. The van der Waals surface area contributed by atoms with Gasteiger partial charge in [-0.15, -0.1) is 0 Å². The second-order valence-corrected chi connectivity index (χ2v) is 4.06. The van der Waals surface area contributed by atoms with Gasteiger partial charge < -0.3 is 10.1 Å². The minimum Gasteiger partial charge on any atom is -0.377 e. The van der Waals surface area contributed by atoms with Gasteiger partial charge >= 0.3 is 0 Å². The molecule has 1 aromatic carbocycles. The van der Waals surface area contributed by atoms with Crippen LogP contribution in [0.1, 0.15) is 25.0 Å². The van der Waals surface area contributed by atoms with Crippen LogP contribution in [0.15, 0.2) is 18.2 Å². The molecular weight excluding hydrogens is 219 g/mol. The lowest BCUT2D eigenvalue weighted by atomic mass is 10.1. The van der Waals surface area contributed by atoms with Crippen molar-refractivity contribution in [2.45, 2.75) is 26.5 Å². The normalized spacial score (nSPS) is 10.5. The lowest BCUT2D eigenvalue weighted by Crippen LogP contribution is -2.21. The summed E-state index contributed by atoms with van der Waals surface area (Å²) in [6, 6.07) is 6.27. The third-order valence-electron chi connectivity index (χ3n) is 2.15. The van der Waals surface area contributed by atoms with Crippen molar-refractivity contribution < 1.29 is 9.13 Å². The van der Waals surface area contributed by atoms with Gasteiger partial charge in [-0.1, -0.05) is 0 Å². The van der Waals surface area contributed by atoms with E-state index in [2.05, 4.69) is 5.32 Å². The number of ether oxygens (including phenoxy) is 1. The monoisotopic (exact) mass is 236 g/mol. The van der Waals surface area contributed by atoms with Crippen molar-refractivity contribution in [3.63, 3.8) is 0 Å². The predicted octanol–water partition coefficient (Wildman–Crippen LogP) is 2.21. The highest BCUT2D eigenvalue weighted by molar-refractivity contribution is 5.33. The lowest BCUT2D eigenvalue weighted by Gasteiger charge is -2.08. The molecule has 0 saturated carbocycles. The zero-order valence-electron chi connectivity index (χ0n) is 10.2. The van der Waals surface area contributed by atoms with E-state index in [4.69, 9.17) is 10.00 Å². The predicted molar refractivity (Wildman–Crippen MR) is 63.9 cm³/mol. The molecule has 4 heteroatoms. The molecule has 0 spiro atoms. The van der Waals surface area contributed by atoms with Crippen molar-refractivity contribution in [2.24, 2.45) is 0 Å². The molecule has 1 N–H and O–H groups in total. The molecule has 0 aromatic heterocycles. The summed E-state index contributed by atoms with van der Waals surface area (Å²) in [5.41, 5.74) is 1.12. The molecule has 17 heavy (non-hydrogen) atoms. The molecule has 0 bridgehead atoms. The topological polar surface area (TPSA) is 45.0 Å². The second kappa shape index (κ2) is 7.00. The lowest BCUT2D eigenvalue weighted by molar-refractivity contribution is 0.0807. The number of nitrogens with one attached hydrogen (secondary N) is 1. The van der Waals surface area contributed by atoms with Gasteiger partial charge in [0.15, 0.2) is 0 Å².